The molecule has 0 aliphatic carbocycles. The second kappa shape index (κ2) is 4.51. The highest BCUT2D eigenvalue weighted by atomic mass is 19.1. The van der Waals surface area contributed by atoms with Crippen LogP contribution in [-0.2, 0) is 0 Å². The largest absolute Gasteiger partial charge is 0.393 e. The maximum Gasteiger partial charge on any atom is 0.292 e. The number of rotatable bonds is 2. The average Bonchev–Trinajstić information content (AvgIpc) is 2.83. The highest BCUT2D eigenvalue weighted by Crippen LogP contribution is 2.29. The average molecular weight is 290 g/mol. The van der Waals surface area contributed by atoms with E-state index in [2.05, 4.69) is 9.97 Å². The third kappa shape index (κ3) is 2.16. The molecule has 0 aliphatic rings. The van der Waals surface area contributed by atoms with Crippen molar-refractivity contribution in [3.63, 3.8) is 0 Å². The van der Waals surface area contributed by atoms with Gasteiger partial charge in [-0.15, -0.1) is 0 Å². The van der Waals surface area contributed by atoms with Crippen LogP contribution in [0.4, 0.5) is 20.2 Å². The van der Waals surface area contributed by atoms with Gasteiger partial charge in [-0.05, 0) is 18.2 Å². The Morgan fingerprint density at radius 1 is 1.24 bits per heavy atom. The van der Waals surface area contributed by atoms with Crippen LogP contribution in [0.2, 0.25) is 0 Å². The van der Waals surface area contributed by atoms with Crippen molar-refractivity contribution >= 4 is 22.4 Å². The fourth-order valence-electron chi connectivity index (χ4n) is 2.03. The van der Waals surface area contributed by atoms with E-state index in [0.717, 1.165) is 12.1 Å². The van der Waals surface area contributed by atoms with Crippen molar-refractivity contribution in [2.24, 2.45) is 0 Å². The minimum absolute atomic E-state index is 0.0112. The quantitative estimate of drug-likeness (QED) is 0.430. The Kier molecular flexibility index (Phi) is 2.79. The number of nitrogens with one attached hydrogen (secondary N) is 1. The van der Waals surface area contributed by atoms with Gasteiger partial charge in [-0.25, -0.2) is 13.8 Å². The molecule has 0 spiro atoms. The van der Waals surface area contributed by atoms with Crippen molar-refractivity contribution in [2.75, 3.05) is 5.73 Å². The van der Waals surface area contributed by atoms with Crippen LogP contribution in [0.15, 0.2) is 30.3 Å². The molecule has 0 aliphatic heterocycles. The van der Waals surface area contributed by atoms with Gasteiger partial charge in [-0.3, -0.25) is 10.1 Å². The van der Waals surface area contributed by atoms with E-state index < -0.39 is 16.6 Å². The van der Waals surface area contributed by atoms with Crippen LogP contribution in [0.1, 0.15) is 0 Å². The summed E-state index contributed by atoms with van der Waals surface area (Å²) in [6.45, 7) is 0. The third-order valence-electron chi connectivity index (χ3n) is 3.01. The Morgan fingerprint density at radius 2 is 2.00 bits per heavy atom. The second-order valence-electron chi connectivity index (χ2n) is 4.40. The summed E-state index contributed by atoms with van der Waals surface area (Å²) >= 11 is 0. The lowest BCUT2D eigenvalue weighted by molar-refractivity contribution is -0.383. The molecule has 0 atom stereocenters. The topological polar surface area (TPSA) is 97.8 Å². The summed E-state index contributed by atoms with van der Waals surface area (Å²) in [7, 11) is 0. The predicted molar refractivity (Wildman–Crippen MR) is 72.5 cm³/mol. The van der Waals surface area contributed by atoms with Gasteiger partial charge in [0.05, 0.1) is 10.4 Å². The Labute approximate surface area is 116 Å². The molecule has 0 radical (unpaired) electrons. The third-order valence-corrected chi connectivity index (χ3v) is 3.01. The van der Waals surface area contributed by atoms with Gasteiger partial charge in [0.25, 0.3) is 5.69 Å². The van der Waals surface area contributed by atoms with Gasteiger partial charge in [0.15, 0.2) is 5.82 Å². The molecule has 3 rings (SSSR count). The van der Waals surface area contributed by atoms with E-state index in [1.807, 2.05) is 0 Å². The number of aromatic nitrogens is 2. The fraction of sp³-hybridized carbons (Fsp3) is 0. The van der Waals surface area contributed by atoms with E-state index in [9.17, 15) is 18.9 Å². The van der Waals surface area contributed by atoms with Crippen molar-refractivity contribution in [3.8, 4) is 11.4 Å². The summed E-state index contributed by atoms with van der Waals surface area (Å²) in [6.07, 6.45) is 0. The molecular formula is C13H8F2N4O2. The molecule has 0 fully saturated rings. The summed E-state index contributed by atoms with van der Waals surface area (Å²) in [6, 6.07) is 5.91. The summed E-state index contributed by atoms with van der Waals surface area (Å²) in [5.74, 6) is -1.35. The number of halogens is 2. The molecule has 1 aromatic heterocycles. The number of nitrogens with two attached hydrogens (primary N) is 1. The highest BCUT2D eigenvalue weighted by molar-refractivity contribution is 5.81. The lowest BCUT2D eigenvalue weighted by Gasteiger charge is -1.99. The number of nitrogens with zero attached hydrogens (tertiary/aromatic N) is 2. The van der Waals surface area contributed by atoms with Crippen molar-refractivity contribution in [1.29, 1.82) is 0 Å². The molecule has 0 amide bonds. The van der Waals surface area contributed by atoms with Gasteiger partial charge in [-0.1, -0.05) is 0 Å². The first-order chi connectivity index (χ1) is 9.95. The molecule has 0 saturated carbocycles. The summed E-state index contributed by atoms with van der Waals surface area (Å²) < 4.78 is 26.7. The van der Waals surface area contributed by atoms with Gasteiger partial charge < -0.3 is 10.7 Å². The number of fused-ring (bicyclic) bond motifs is 1. The SMILES string of the molecule is Nc1ccc(-c2nc3c(F)cc(F)cc3[nH]2)cc1[N+](=O)[O-]. The number of imidazole rings is 1. The maximum absolute atomic E-state index is 13.6. The zero-order chi connectivity index (χ0) is 15.1. The van der Waals surface area contributed by atoms with Crippen LogP contribution in [0, 0.1) is 21.7 Å². The van der Waals surface area contributed by atoms with Crippen LogP contribution < -0.4 is 5.73 Å². The van der Waals surface area contributed by atoms with E-state index in [1.165, 1.54) is 18.2 Å². The van der Waals surface area contributed by atoms with Crippen LogP contribution in [0.25, 0.3) is 22.4 Å². The van der Waals surface area contributed by atoms with Crippen molar-refractivity contribution < 1.29 is 13.7 Å². The predicted octanol–water partition coefficient (Wildman–Crippen LogP) is 3.00. The number of nitro groups is 1. The van der Waals surface area contributed by atoms with Gasteiger partial charge in [0, 0.05) is 17.7 Å². The van der Waals surface area contributed by atoms with Gasteiger partial charge in [0.1, 0.15) is 22.8 Å². The fourth-order valence-corrected chi connectivity index (χ4v) is 2.03. The van der Waals surface area contributed by atoms with E-state index >= 15 is 0 Å². The van der Waals surface area contributed by atoms with Crippen molar-refractivity contribution in [3.05, 3.63) is 52.1 Å². The number of nitrogen functional groups attached to an aromatic ring is 1. The number of nitro benzene ring substituents is 1. The molecule has 8 heteroatoms. The molecule has 3 aromatic rings. The number of anilines is 1. The summed E-state index contributed by atoms with van der Waals surface area (Å²) in [4.78, 5) is 17.0. The molecule has 106 valence electrons. The van der Waals surface area contributed by atoms with E-state index in [-0.39, 0.29) is 28.2 Å². The zero-order valence-corrected chi connectivity index (χ0v) is 10.4. The standard InChI is InChI=1S/C13H8F2N4O2/c14-7-4-8(15)12-10(5-7)17-13(18-12)6-1-2-9(16)11(3-6)19(20)21/h1-5H,16H2,(H,17,18). The maximum atomic E-state index is 13.6. The van der Waals surface area contributed by atoms with Crippen LogP contribution >= 0.6 is 0 Å². The molecule has 21 heavy (non-hydrogen) atoms. The van der Waals surface area contributed by atoms with Gasteiger partial charge >= 0.3 is 0 Å². The number of benzene rings is 2. The number of aromatic amines is 1. The molecule has 0 unspecified atom stereocenters. The first-order valence-electron chi connectivity index (χ1n) is 5.85. The first kappa shape index (κ1) is 13.0. The summed E-state index contributed by atoms with van der Waals surface area (Å²) in [5, 5.41) is 10.9. The smallest absolute Gasteiger partial charge is 0.292 e. The van der Waals surface area contributed by atoms with E-state index in [0.29, 0.717) is 5.56 Å². The van der Waals surface area contributed by atoms with Gasteiger partial charge in [-0.2, -0.15) is 0 Å². The molecule has 0 saturated heterocycles. The molecule has 6 nitrogen and oxygen atoms in total. The number of hydrogen-bond donors (Lipinski definition) is 2. The monoisotopic (exact) mass is 290 g/mol. The first-order valence-corrected chi connectivity index (χ1v) is 5.85. The van der Waals surface area contributed by atoms with Crippen molar-refractivity contribution in [2.45, 2.75) is 0 Å². The van der Waals surface area contributed by atoms with Crippen LogP contribution in [0.3, 0.4) is 0 Å². The Morgan fingerprint density at radius 3 is 2.71 bits per heavy atom. The molecule has 2 aromatic carbocycles. The number of H-pyrrole nitrogens is 1. The van der Waals surface area contributed by atoms with Crippen molar-refractivity contribution in [1.82, 2.24) is 9.97 Å². The van der Waals surface area contributed by atoms with Crippen LogP contribution in [0.5, 0.6) is 0 Å². The lowest BCUT2D eigenvalue weighted by Crippen LogP contribution is -1.96. The molecular weight excluding hydrogens is 282 g/mol. The Balaban J connectivity index is 2.19. The normalized spacial score (nSPS) is 11.0. The van der Waals surface area contributed by atoms with E-state index in [4.69, 9.17) is 5.73 Å². The van der Waals surface area contributed by atoms with E-state index in [1.54, 1.807) is 0 Å². The molecule has 3 N–H and O–H groups in total. The summed E-state index contributed by atoms with van der Waals surface area (Å²) in [5.41, 5.74) is 5.72. The minimum Gasteiger partial charge on any atom is -0.393 e. The Bertz CT molecular complexity index is 876. The minimum atomic E-state index is -0.808. The van der Waals surface area contributed by atoms with Crippen LogP contribution in [-0.4, -0.2) is 14.9 Å². The zero-order valence-electron chi connectivity index (χ0n) is 10.4. The second-order valence-corrected chi connectivity index (χ2v) is 4.40. The molecule has 0 bridgehead atoms. The number of hydrogen-bond acceptors (Lipinski definition) is 4. The molecule has 1 heterocycles. The Hall–Kier alpha value is -3.03. The lowest BCUT2D eigenvalue weighted by atomic mass is 10.1. The van der Waals surface area contributed by atoms with Gasteiger partial charge in [0.2, 0.25) is 0 Å². The highest BCUT2D eigenvalue weighted by Gasteiger charge is 2.16.